The Bertz CT molecular complexity index is 463. The summed E-state index contributed by atoms with van der Waals surface area (Å²) in [5.74, 6) is 0.692. The smallest absolute Gasteiger partial charge is 0.185 e. The summed E-state index contributed by atoms with van der Waals surface area (Å²) in [6.07, 6.45) is 2.59. The first kappa shape index (κ1) is 16.7. The molecule has 1 saturated carbocycles. The third-order valence-corrected chi connectivity index (χ3v) is 4.99. The van der Waals surface area contributed by atoms with Crippen LogP contribution in [0.3, 0.4) is 0 Å². The van der Waals surface area contributed by atoms with Crippen molar-refractivity contribution >= 4 is 16.5 Å². The predicted molar refractivity (Wildman–Crippen MR) is 90.4 cm³/mol. The van der Waals surface area contributed by atoms with Gasteiger partial charge in [-0.3, -0.25) is 0 Å². The van der Waals surface area contributed by atoms with Crippen molar-refractivity contribution in [1.82, 2.24) is 10.3 Å². The van der Waals surface area contributed by atoms with Gasteiger partial charge in [-0.15, -0.1) is 11.3 Å². The molecule has 0 saturated heterocycles. The summed E-state index contributed by atoms with van der Waals surface area (Å²) in [4.78, 5) is 8.56. The average molecular weight is 311 g/mol. The van der Waals surface area contributed by atoms with Crippen molar-refractivity contribution in [2.24, 2.45) is 0 Å². The van der Waals surface area contributed by atoms with Crippen LogP contribution in [0.5, 0.6) is 0 Å². The van der Waals surface area contributed by atoms with Crippen LogP contribution in [-0.2, 0) is 11.3 Å². The summed E-state index contributed by atoms with van der Waals surface area (Å²) in [5.41, 5.74) is 1.46. The molecule has 1 unspecified atom stereocenters. The monoisotopic (exact) mass is 311 g/mol. The quantitative estimate of drug-likeness (QED) is 0.837. The number of hydrogen-bond donors (Lipinski definition) is 1. The number of nitrogens with zero attached hydrogens (tertiary/aromatic N) is 2. The Morgan fingerprint density at radius 2 is 2.10 bits per heavy atom. The van der Waals surface area contributed by atoms with Gasteiger partial charge < -0.3 is 15.0 Å². The zero-order valence-corrected chi connectivity index (χ0v) is 15.0. The molecule has 1 atom stereocenters. The Labute approximate surface area is 132 Å². The molecule has 5 heteroatoms. The topological polar surface area (TPSA) is 37.4 Å². The van der Waals surface area contributed by atoms with Gasteiger partial charge in [0.15, 0.2) is 5.13 Å². The van der Waals surface area contributed by atoms with Gasteiger partial charge in [0.05, 0.1) is 18.3 Å². The van der Waals surface area contributed by atoms with Gasteiger partial charge in [0.2, 0.25) is 0 Å². The van der Waals surface area contributed by atoms with Crippen LogP contribution in [-0.4, -0.2) is 37.3 Å². The van der Waals surface area contributed by atoms with Crippen molar-refractivity contribution in [3.8, 4) is 0 Å². The predicted octanol–water partition coefficient (Wildman–Crippen LogP) is 3.38. The number of methoxy groups -OCH3 is 1. The van der Waals surface area contributed by atoms with E-state index >= 15 is 0 Å². The molecule has 1 aromatic heterocycles. The number of aromatic nitrogens is 1. The number of anilines is 1. The van der Waals surface area contributed by atoms with Crippen LogP contribution < -0.4 is 10.2 Å². The van der Waals surface area contributed by atoms with Gasteiger partial charge in [0, 0.05) is 37.0 Å². The van der Waals surface area contributed by atoms with Crippen LogP contribution in [0.4, 0.5) is 5.13 Å². The van der Waals surface area contributed by atoms with Gasteiger partial charge in [0.1, 0.15) is 0 Å². The highest BCUT2D eigenvalue weighted by Gasteiger charge is 2.31. The highest BCUT2D eigenvalue weighted by atomic mass is 32.1. The fraction of sp³-hybridized carbons (Fsp3) is 0.812. The minimum Gasteiger partial charge on any atom is -0.383 e. The van der Waals surface area contributed by atoms with E-state index in [0.717, 1.165) is 18.3 Å². The lowest BCUT2D eigenvalue weighted by Gasteiger charge is -2.23. The standard InChI is InChI=1S/C16H29N3OS/c1-11(10-20-6)19(5)15-18-14(12-7-8-12)13(21-15)9-17-16(2,3)4/h11-12,17H,7-10H2,1-6H3. The Kier molecular flexibility index (Phi) is 5.28. The molecule has 0 aromatic carbocycles. The molecule has 0 amide bonds. The molecule has 0 radical (unpaired) electrons. The van der Waals surface area contributed by atoms with Crippen LogP contribution in [0.15, 0.2) is 0 Å². The normalized spacial score (nSPS) is 17.0. The first-order chi connectivity index (χ1) is 9.81. The second-order valence-electron chi connectivity index (χ2n) is 7.10. The highest BCUT2D eigenvalue weighted by molar-refractivity contribution is 7.15. The Morgan fingerprint density at radius 3 is 2.62 bits per heavy atom. The number of thiazole rings is 1. The van der Waals surface area contributed by atoms with Gasteiger partial charge in [-0.2, -0.15) is 0 Å². The molecular formula is C16H29N3OS. The van der Waals surface area contributed by atoms with Gasteiger partial charge >= 0.3 is 0 Å². The zero-order valence-electron chi connectivity index (χ0n) is 14.2. The van der Waals surface area contributed by atoms with E-state index in [1.807, 2.05) is 11.3 Å². The van der Waals surface area contributed by atoms with Crippen LogP contribution >= 0.6 is 11.3 Å². The second kappa shape index (κ2) is 6.63. The van der Waals surface area contributed by atoms with E-state index in [2.05, 4.69) is 45.0 Å². The van der Waals surface area contributed by atoms with E-state index in [-0.39, 0.29) is 5.54 Å². The number of nitrogens with one attached hydrogen (secondary N) is 1. The molecular weight excluding hydrogens is 282 g/mol. The molecule has 1 fully saturated rings. The zero-order chi connectivity index (χ0) is 15.6. The number of rotatable bonds is 7. The fourth-order valence-electron chi connectivity index (χ4n) is 2.19. The van der Waals surface area contributed by atoms with E-state index in [4.69, 9.17) is 9.72 Å². The molecule has 1 aromatic rings. The first-order valence-electron chi connectivity index (χ1n) is 7.78. The molecule has 0 bridgehead atoms. The lowest BCUT2D eigenvalue weighted by Crippen LogP contribution is -2.35. The van der Waals surface area contributed by atoms with Crippen LogP contribution in [0.1, 0.15) is 57.0 Å². The molecule has 2 rings (SSSR count). The lowest BCUT2D eigenvalue weighted by atomic mass is 10.1. The summed E-state index contributed by atoms with van der Waals surface area (Å²) in [6.45, 7) is 10.4. The van der Waals surface area contributed by atoms with E-state index in [0.29, 0.717) is 12.0 Å². The number of hydrogen-bond acceptors (Lipinski definition) is 5. The Hall–Kier alpha value is -0.650. The second-order valence-corrected chi connectivity index (χ2v) is 8.16. The summed E-state index contributed by atoms with van der Waals surface area (Å²) < 4.78 is 5.26. The lowest BCUT2D eigenvalue weighted by molar-refractivity contribution is 0.183. The summed E-state index contributed by atoms with van der Waals surface area (Å²) >= 11 is 1.83. The maximum absolute atomic E-state index is 5.26. The highest BCUT2D eigenvalue weighted by Crippen LogP contribution is 2.44. The maximum Gasteiger partial charge on any atom is 0.185 e. The first-order valence-corrected chi connectivity index (χ1v) is 8.60. The van der Waals surface area contributed by atoms with Crippen molar-refractivity contribution in [2.75, 3.05) is 25.7 Å². The molecule has 21 heavy (non-hydrogen) atoms. The number of likely N-dealkylation sites (N-methyl/N-ethyl adjacent to an activating group) is 1. The van der Waals surface area contributed by atoms with Crippen LogP contribution in [0.25, 0.3) is 0 Å². The van der Waals surface area contributed by atoms with Crippen molar-refractivity contribution in [1.29, 1.82) is 0 Å². The van der Waals surface area contributed by atoms with E-state index in [9.17, 15) is 0 Å². The summed E-state index contributed by atoms with van der Waals surface area (Å²) in [7, 11) is 3.86. The Morgan fingerprint density at radius 1 is 1.43 bits per heavy atom. The van der Waals surface area contributed by atoms with Crippen molar-refractivity contribution < 1.29 is 4.74 Å². The third-order valence-electron chi connectivity index (χ3n) is 3.83. The average Bonchev–Trinajstić information content (AvgIpc) is 3.15. The van der Waals surface area contributed by atoms with E-state index in [1.165, 1.54) is 23.4 Å². The molecule has 0 aliphatic heterocycles. The van der Waals surface area contributed by atoms with Gasteiger partial charge in [-0.1, -0.05) is 0 Å². The Balaban J connectivity index is 2.13. The van der Waals surface area contributed by atoms with Crippen LogP contribution in [0.2, 0.25) is 0 Å². The molecule has 0 spiro atoms. The molecule has 4 nitrogen and oxygen atoms in total. The minimum atomic E-state index is 0.139. The maximum atomic E-state index is 5.26. The SMILES string of the molecule is COCC(C)N(C)c1nc(C2CC2)c(CNC(C)(C)C)s1. The molecule has 1 heterocycles. The van der Waals surface area contributed by atoms with E-state index < -0.39 is 0 Å². The van der Waals surface area contributed by atoms with Crippen molar-refractivity contribution in [3.63, 3.8) is 0 Å². The van der Waals surface area contributed by atoms with Gasteiger partial charge in [-0.25, -0.2) is 4.98 Å². The van der Waals surface area contributed by atoms with Crippen molar-refractivity contribution in [3.05, 3.63) is 10.6 Å². The van der Waals surface area contributed by atoms with Gasteiger partial charge in [-0.05, 0) is 40.5 Å². The largest absolute Gasteiger partial charge is 0.383 e. The fourth-order valence-corrected chi connectivity index (χ4v) is 3.34. The molecule has 1 N–H and O–H groups in total. The third kappa shape index (κ3) is 4.66. The molecule has 120 valence electrons. The van der Waals surface area contributed by atoms with E-state index in [1.54, 1.807) is 7.11 Å². The van der Waals surface area contributed by atoms with Crippen LogP contribution in [0, 0.1) is 0 Å². The van der Waals surface area contributed by atoms with Gasteiger partial charge in [0.25, 0.3) is 0 Å². The minimum absolute atomic E-state index is 0.139. The molecule has 1 aliphatic carbocycles. The molecule has 1 aliphatic rings. The summed E-state index contributed by atoms with van der Waals surface area (Å²) in [5, 5.41) is 4.71. The number of ether oxygens (including phenoxy) is 1. The summed E-state index contributed by atoms with van der Waals surface area (Å²) in [6, 6.07) is 0.344. The van der Waals surface area contributed by atoms with Crippen molar-refractivity contribution in [2.45, 2.75) is 64.6 Å².